The molecule has 148 valence electrons. The molecule has 2 N–H and O–H groups in total. The summed E-state index contributed by atoms with van der Waals surface area (Å²) >= 11 is 0. The lowest BCUT2D eigenvalue weighted by molar-refractivity contribution is 0.00515. The van der Waals surface area contributed by atoms with E-state index in [-0.39, 0.29) is 5.41 Å². The van der Waals surface area contributed by atoms with E-state index in [1.165, 1.54) is 66.5 Å². The van der Waals surface area contributed by atoms with E-state index >= 15 is 0 Å². The molecule has 29 heavy (non-hydrogen) atoms. The molecule has 7 rings (SSSR count). The summed E-state index contributed by atoms with van der Waals surface area (Å²) in [5.41, 5.74) is 7.37. The van der Waals surface area contributed by atoms with Crippen LogP contribution in [0.3, 0.4) is 0 Å². The number of benzene rings is 2. The second-order valence-corrected chi connectivity index (χ2v) is 10.1. The van der Waals surface area contributed by atoms with Gasteiger partial charge in [-0.05, 0) is 91.8 Å². The SMILES string of the molecule is Oc1ccc2c(c1)[C@]13CCN(CC4CC4)[C@H](C2)C1Cc1c([nH]c2ccccc12)C3. The van der Waals surface area contributed by atoms with E-state index in [4.69, 9.17) is 0 Å². The summed E-state index contributed by atoms with van der Waals surface area (Å²) in [6.07, 6.45) is 7.47. The number of nitrogens with one attached hydrogen (secondary N) is 1. The van der Waals surface area contributed by atoms with Gasteiger partial charge in [-0.15, -0.1) is 0 Å². The maximum absolute atomic E-state index is 10.3. The minimum atomic E-state index is 0.172. The highest BCUT2D eigenvalue weighted by Crippen LogP contribution is 2.56. The number of hydrogen-bond donors (Lipinski definition) is 2. The van der Waals surface area contributed by atoms with Crippen molar-refractivity contribution < 1.29 is 5.11 Å². The van der Waals surface area contributed by atoms with Gasteiger partial charge in [-0.3, -0.25) is 4.90 Å². The number of H-pyrrole nitrogens is 1. The highest BCUT2D eigenvalue weighted by Gasteiger charge is 2.55. The number of fused-ring (bicyclic) bond motifs is 4. The van der Waals surface area contributed by atoms with Crippen molar-refractivity contribution in [2.75, 3.05) is 13.1 Å². The Hall–Kier alpha value is -2.26. The maximum atomic E-state index is 10.3. The molecule has 0 spiro atoms. The molecule has 4 aliphatic rings. The van der Waals surface area contributed by atoms with Gasteiger partial charge in [0.25, 0.3) is 0 Å². The smallest absolute Gasteiger partial charge is 0.115 e. The Balaban J connectivity index is 1.41. The van der Waals surface area contributed by atoms with Crippen LogP contribution in [-0.4, -0.2) is 34.1 Å². The highest BCUT2D eigenvalue weighted by molar-refractivity contribution is 5.85. The van der Waals surface area contributed by atoms with E-state index in [1.54, 1.807) is 5.56 Å². The molecule has 2 fully saturated rings. The zero-order valence-corrected chi connectivity index (χ0v) is 16.8. The van der Waals surface area contributed by atoms with Gasteiger partial charge in [-0.25, -0.2) is 0 Å². The molecule has 3 atom stereocenters. The van der Waals surface area contributed by atoms with Gasteiger partial charge in [-0.2, -0.15) is 0 Å². The van der Waals surface area contributed by atoms with E-state index in [0.717, 1.165) is 18.8 Å². The van der Waals surface area contributed by atoms with Crippen LogP contribution >= 0.6 is 0 Å². The van der Waals surface area contributed by atoms with Crippen LogP contribution in [0.1, 0.15) is 41.6 Å². The number of piperidine rings is 1. The normalized spacial score (nSPS) is 30.6. The summed E-state index contributed by atoms with van der Waals surface area (Å²) in [5.74, 6) is 2.02. The molecule has 1 saturated carbocycles. The van der Waals surface area contributed by atoms with E-state index in [0.29, 0.717) is 17.7 Å². The number of likely N-dealkylation sites (tertiary alicyclic amines) is 1. The van der Waals surface area contributed by atoms with Gasteiger partial charge in [0.15, 0.2) is 0 Å². The molecule has 1 aromatic heterocycles. The molecule has 1 unspecified atom stereocenters. The third-order valence-electron chi connectivity index (χ3n) is 8.56. The number of aromatic amines is 1. The second kappa shape index (κ2) is 5.66. The first-order chi connectivity index (χ1) is 14.2. The third-order valence-corrected chi connectivity index (χ3v) is 8.56. The number of phenols is 1. The molecule has 3 heteroatoms. The minimum Gasteiger partial charge on any atom is -0.508 e. The third kappa shape index (κ3) is 2.28. The predicted octanol–water partition coefficient (Wildman–Crippen LogP) is 4.57. The van der Waals surface area contributed by atoms with Crippen molar-refractivity contribution in [3.05, 3.63) is 64.8 Å². The molecule has 3 aliphatic carbocycles. The lowest BCUT2D eigenvalue weighted by Gasteiger charge is -2.59. The van der Waals surface area contributed by atoms with Crippen LogP contribution in [0.15, 0.2) is 42.5 Å². The summed E-state index contributed by atoms with van der Waals surface area (Å²) < 4.78 is 0. The standard InChI is InChI=1S/C26H28N2O/c29-18-8-7-17-11-25-22-13-20-19-3-1-2-4-23(19)27-24(20)14-26(22,21(17)12-18)9-10-28(25)15-16-5-6-16/h1-4,7-8,12,16,22,25,27,29H,5-6,9-11,13-15H2/t22?,25-,26-/m1/s1. The van der Waals surface area contributed by atoms with Crippen LogP contribution < -0.4 is 0 Å². The number of phenolic OH excluding ortho intramolecular Hbond substituents is 1. The fourth-order valence-electron chi connectivity index (χ4n) is 7.03. The predicted molar refractivity (Wildman–Crippen MR) is 115 cm³/mol. The molecule has 0 amide bonds. The lowest BCUT2D eigenvalue weighted by atomic mass is 9.52. The first kappa shape index (κ1) is 16.5. The fraction of sp³-hybridized carbons (Fsp3) is 0.462. The monoisotopic (exact) mass is 384 g/mol. The Morgan fingerprint density at radius 2 is 2.00 bits per heavy atom. The van der Waals surface area contributed by atoms with Crippen molar-refractivity contribution in [2.45, 2.75) is 50.0 Å². The molecular weight excluding hydrogens is 356 g/mol. The zero-order valence-electron chi connectivity index (χ0n) is 16.8. The molecule has 1 aliphatic heterocycles. The molecule has 3 aromatic rings. The van der Waals surface area contributed by atoms with Gasteiger partial charge in [0.1, 0.15) is 5.75 Å². The first-order valence-electron chi connectivity index (χ1n) is 11.4. The first-order valence-corrected chi connectivity index (χ1v) is 11.4. The molecule has 3 nitrogen and oxygen atoms in total. The van der Waals surface area contributed by atoms with Crippen LogP contribution in [0, 0.1) is 11.8 Å². The Morgan fingerprint density at radius 3 is 2.90 bits per heavy atom. The molecular formula is C26H28N2O. The quantitative estimate of drug-likeness (QED) is 0.680. The van der Waals surface area contributed by atoms with Crippen molar-refractivity contribution in [1.29, 1.82) is 0 Å². The molecule has 1 saturated heterocycles. The van der Waals surface area contributed by atoms with Crippen LogP contribution in [0.5, 0.6) is 5.75 Å². The zero-order chi connectivity index (χ0) is 19.2. The summed E-state index contributed by atoms with van der Waals surface area (Å²) in [6.45, 7) is 2.51. The summed E-state index contributed by atoms with van der Waals surface area (Å²) in [6, 6.07) is 15.7. The van der Waals surface area contributed by atoms with E-state index in [9.17, 15) is 5.11 Å². The fourth-order valence-corrected chi connectivity index (χ4v) is 7.03. The van der Waals surface area contributed by atoms with E-state index in [2.05, 4.69) is 46.3 Å². The van der Waals surface area contributed by atoms with Gasteiger partial charge in [0, 0.05) is 34.6 Å². The molecule has 2 bridgehead atoms. The number of para-hydroxylation sites is 1. The van der Waals surface area contributed by atoms with Gasteiger partial charge >= 0.3 is 0 Å². The van der Waals surface area contributed by atoms with Crippen molar-refractivity contribution in [1.82, 2.24) is 9.88 Å². The average molecular weight is 385 g/mol. The van der Waals surface area contributed by atoms with Crippen LogP contribution in [0.4, 0.5) is 0 Å². The van der Waals surface area contributed by atoms with Crippen molar-refractivity contribution in [3.63, 3.8) is 0 Å². The van der Waals surface area contributed by atoms with Gasteiger partial charge < -0.3 is 10.1 Å². The Labute approximate surface area is 171 Å². The van der Waals surface area contributed by atoms with E-state index < -0.39 is 0 Å². The Bertz CT molecular complexity index is 1130. The Kier molecular flexibility index (Phi) is 3.23. The van der Waals surface area contributed by atoms with Gasteiger partial charge in [0.05, 0.1) is 0 Å². The van der Waals surface area contributed by atoms with Gasteiger partial charge in [0.2, 0.25) is 0 Å². The van der Waals surface area contributed by atoms with Crippen LogP contribution in [0.2, 0.25) is 0 Å². The lowest BCUT2D eigenvalue weighted by Crippen LogP contribution is -2.62. The van der Waals surface area contributed by atoms with Crippen molar-refractivity contribution in [3.8, 4) is 5.75 Å². The molecule has 2 aromatic carbocycles. The maximum Gasteiger partial charge on any atom is 0.115 e. The number of nitrogens with zero attached hydrogens (tertiary/aromatic N) is 1. The minimum absolute atomic E-state index is 0.172. The highest BCUT2D eigenvalue weighted by atomic mass is 16.3. The molecule has 2 heterocycles. The van der Waals surface area contributed by atoms with Gasteiger partial charge in [-0.1, -0.05) is 24.3 Å². The Morgan fingerprint density at radius 1 is 1.10 bits per heavy atom. The number of aromatic hydroxyl groups is 1. The van der Waals surface area contributed by atoms with Crippen LogP contribution in [-0.2, 0) is 24.7 Å². The number of rotatable bonds is 2. The largest absolute Gasteiger partial charge is 0.508 e. The van der Waals surface area contributed by atoms with Crippen molar-refractivity contribution >= 4 is 10.9 Å². The number of hydrogen-bond acceptors (Lipinski definition) is 2. The summed E-state index contributed by atoms with van der Waals surface area (Å²) in [4.78, 5) is 6.61. The summed E-state index contributed by atoms with van der Waals surface area (Å²) in [5, 5.41) is 11.8. The molecule has 0 radical (unpaired) electrons. The van der Waals surface area contributed by atoms with Crippen LogP contribution in [0.25, 0.3) is 10.9 Å². The topological polar surface area (TPSA) is 39.3 Å². The number of aromatic nitrogens is 1. The average Bonchev–Trinajstić information content (AvgIpc) is 3.48. The van der Waals surface area contributed by atoms with Crippen molar-refractivity contribution in [2.24, 2.45) is 11.8 Å². The van der Waals surface area contributed by atoms with E-state index in [1.807, 2.05) is 6.07 Å². The summed E-state index contributed by atoms with van der Waals surface area (Å²) in [7, 11) is 0. The second-order valence-electron chi connectivity index (χ2n) is 10.1.